The molecule has 2 heterocycles. The minimum atomic E-state index is 0.941. The summed E-state index contributed by atoms with van der Waals surface area (Å²) in [5.41, 5.74) is 4.65. The molecule has 0 N–H and O–H groups in total. The van der Waals surface area contributed by atoms with Crippen molar-refractivity contribution >= 4 is 22.7 Å². The molecule has 0 aliphatic heterocycles. The Hall–Kier alpha value is -2.36. The summed E-state index contributed by atoms with van der Waals surface area (Å²) in [5.74, 6) is 0. The molecule has 0 fully saturated rings. The lowest BCUT2D eigenvalue weighted by molar-refractivity contribution is 0.514. The van der Waals surface area contributed by atoms with Crippen LogP contribution < -0.4 is 4.74 Å². The number of hydrogen-bond donors (Lipinski definition) is 0. The lowest BCUT2D eigenvalue weighted by atomic mass is 10.1. The SMILES string of the molecule is c1ccc(-c2ccsc2Oc2sccc2-c2ccccc2)cc1. The van der Waals surface area contributed by atoms with Gasteiger partial charge in [-0.3, -0.25) is 0 Å². The normalized spacial score (nSPS) is 10.6. The Morgan fingerprint density at radius 3 is 1.39 bits per heavy atom. The van der Waals surface area contributed by atoms with Gasteiger partial charge in [-0.05, 0) is 34.0 Å². The van der Waals surface area contributed by atoms with Crippen LogP contribution in [-0.4, -0.2) is 0 Å². The van der Waals surface area contributed by atoms with E-state index in [2.05, 4.69) is 71.4 Å². The van der Waals surface area contributed by atoms with E-state index in [4.69, 9.17) is 4.74 Å². The maximum absolute atomic E-state index is 6.27. The van der Waals surface area contributed by atoms with Crippen LogP contribution in [0.25, 0.3) is 22.3 Å². The second-order valence-electron chi connectivity index (χ2n) is 5.08. The molecular formula is C20H14OS2. The molecule has 23 heavy (non-hydrogen) atoms. The van der Waals surface area contributed by atoms with Crippen LogP contribution >= 0.6 is 22.7 Å². The molecule has 0 amide bonds. The molecule has 3 heteroatoms. The zero-order valence-corrected chi connectivity index (χ0v) is 13.9. The van der Waals surface area contributed by atoms with E-state index >= 15 is 0 Å². The smallest absolute Gasteiger partial charge is 0.190 e. The van der Waals surface area contributed by atoms with Crippen LogP contribution in [0.4, 0.5) is 0 Å². The van der Waals surface area contributed by atoms with E-state index in [1.165, 1.54) is 11.1 Å². The first-order chi connectivity index (χ1) is 11.4. The van der Waals surface area contributed by atoms with Gasteiger partial charge in [0.25, 0.3) is 0 Å². The summed E-state index contributed by atoms with van der Waals surface area (Å²) in [5, 5.41) is 6.03. The summed E-state index contributed by atoms with van der Waals surface area (Å²) in [6.07, 6.45) is 0. The van der Waals surface area contributed by atoms with Crippen LogP contribution in [0, 0.1) is 0 Å². The van der Waals surface area contributed by atoms with Crippen LogP contribution in [-0.2, 0) is 0 Å². The van der Waals surface area contributed by atoms with Gasteiger partial charge in [0.05, 0.1) is 0 Å². The van der Waals surface area contributed by atoms with Crippen LogP contribution in [0.5, 0.6) is 10.1 Å². The van der Waals surface area contributed by atoms with Gasteiger partial charge in [-0.25, -0.2) is 0 Å². The second kappa shape index (κ2) is 6.41. The maximum atomic E-state index is 6.27. The van der Waals surface area contributed by atoms with Gasteiger partial charge in [0.2, 0.25) is 0 Å². The third kappa shape index (κ3) is 2.93. The first kappa shape index (κ1) is 14.2. The quantitative estimate of drug-likeness (QED) is 0.393. The Bertz CT molecular complexity index is 816. The Labute approximate surface area is 143 Å². The van der Waals surface area contributed by atoms with Crippen LogP contribution in [0.3, 0.4) is 0 Å². The average Bonchev–Trinajstić information content (AvgIpc) is 3.26. The highest BCUT2D eigenvalue weighted by Gasteiger charge is 2.13. The maximum Gasteiger partial charge on any atom is 0.190 e. The fourth-order valence-corrected chi connectivity index (χ4v) is 4.09. The van der Waals surface area contributed by atoms with E-state index in [0.717, 1.165) is 21.3 Å². The molecule has 0 spiro atoms. The van der Waals surface area contributed by atoms with E-state index in [9.17, 15) is 0 Å². The molecule has 0 bridgehead atoms. The summed E-state index contributed by atoms with van der Waals surface area (Å²) < 4.78 is 6.27. The summed E-state index contributed by atoms with van der Waals surface area (Å²) >= 11 is 3.26. The first-order valence-electron chi connectivity index (χ1n) is 7.35. The number of hydrogen-bond acceptors (Lipinski definition) is 3. The fourth-order valence-electron chi connectivity index (χ4n) is 2.50. The summed E-state index contributed by atoms with van der Waals surface area (Å²) in [6, 6.07) is 25.0. The molecule has 0 radical (unpaired) electrons. The number of thiophene rings is 2. The molecule has 2 aromatic heterocycles. The van der Waals surface area contributed by atoms with E-state index in [1.54, 1.807) is 22.7 Å². The molecule has 4 aromatic rings. The third-order valence-electron chi connectivity index (χ3n) is 3.61. The van der Waals surface area contributed by atoms with Gasteiger partial charge in [-0.15, -0.1) is 22.7 Å². The zero-order chi connectivity index (χ0) is 15.5. The van der Waals surface area contributed by atoms with Crippen molar-refractivity contribution in [2.45, 2.75) is 0 Å². The Morgan fingerprint density at radius 2 is 0.957 bits per heavy atom. The van der Waals surface area contributed by atoms with Crippen molar-refractivity contribution in [1.82, 2.24) is 0 Å². The monoisotopic (exact) mass is 334 g/mol. The molecule has 0 atom stereocenters. The molecule has 0 saturated carbocycles. The predicted octanol–water partition coefficient (Wildman–Crippen LogP) is 6.94. The molecular weight excluding hydrogens is 320 g/mol. The Morgan fingerprint density at radius 1 is 0.522 bits per heavy atom. The fraction of sp³-hybridized carbons (Fsp3) is 0. The zero-order valence-electron chi connectivity index (χ0n) is 12.3. The minimum Gasteiger partial charge on any atom is -0.435 e. The summed E-state index contributed by atoms with van der Waals surface area (Å²) in [4.78, 5) is 0. The van der Waals surface area contributed by atoms with Gasteiger partial charge >= 0.3 is 0 Å². The highest BCUT2D eigenvalue weighted by Crippen LogP contribution is 2.43. The molecule has 2 aromatic carbocycles. The standard InChI is InChI=1S/C20H14OS2/c1-3-7-15(8-4-1)17-11-13-22-19(17)21-20-18(12-14-23-20)16-9-5-2-6-10-16/h1-14H. The molecule has 4 rings (SSSR count). The summed E-state index contributed by atoms with van der Waals surface area (Å²) in [7, 11) is 0. The number of benzene rings is 2. The van der Waals surface area contributed by atoms with Crippen LogP contribution in [0.2, 0.25) is 0 Å². The van der Waals surface area contributed by atoms with Gasteiger partial charge in [-0.2, -0.15) is 0 Å². The van der Waals surface area contributed by atoms with E-state index in [0.29, 0.717) is 0 Å². The average molecular weight is 334 g/mol. The second-order valence-corrected chi connectivity index (χ2v) is 6.83. The van der Waals surface area contributed by atoms with Crippen LogP contribution in [0.1, 0.15) is 0 Å². The van der Waals surface area contributed by atoms with E-state index < -0.39 is 0 Å². The molecule has 0 aliphatic carbocycles. The topological polar surface area (TPSA) is 9.23 Å². The Kier molecular flexibility index (Phi) is 3.97. The van der Waals surface area contributed by atoms with Crippen molar-refractivity contribution in [2.24, 2.45) is 0 Å². The molecule has 112 valence electrons. The highest BCUT2D eigenvalue weighted by molar-refractivity contribution is 7.14. The van der Waals surface area contributed by atoms with Crippen molar-refractivity contribution < 1.29 is 4.74 Å². The molecule has 0 unspecified atom stereocenters. The third-order valence-corrected chi connectivity index (χ3v) is 5.19. The number of rotatable bonds is 4. The van der Waals surface area contributed by atoms with Gasteiger partial charge in [0.15, 0.2) is 10.1 Å². The molecule has 0 aliphatic rings. The minimum absolute atomic E-state index is 0.941. The van der Waals surface area contributed by atoms with Crippen molar-refractivity contribution in [3.05, 3.63) is 83.6 Å². The largest absolute Gasteiger partial charge is 0.435 e. The van der Waals surface area contributed by atoms with Crippen molar-refractivity contribution in [3.63, 3.8) is 0 Å². The predicted molar refractivity (Wildman–Crippen MR) is 99.6 cm³/mol. The lowest BCUT2D eigenvalue weighted by Gasteiger charge is -2.07. The van der Waals surface area contributed by atoms with Gasteiger partial charge in [0, 0.05) is 11.1 Å². The molecule has 0 saturated heterocycles. The summed E-state index contributed by atoms with van der Waals surface area (Å²) in [6.45, 7) is 0. The first-order valence-corrected chi connectivity index (χ1v) is 9.11. The van der Waals surface area contributed by atoms with Gasteiger partial charge < -0.3 is 4.74 Å². The Balaban J connectivity index is 1.69. The van der Waals surface area contributed by atoms with Crippen LogP contribution in [0.15, 0.2) is 83.6 Å². The number of ether oxygens (including phenoxy) is 1. The van der Waals surface area contributed by atoms with Gasteiger partial charge in [-0.1, -0.05) is 60.7 Å². The van der Waals surface area contributed by atoms with E-state index in [1.807, 2.05) is 12.1 Å². The molecule has 1 nitrogen and oxygen atoms in total. The van der Waals surface area contributed by atoms with Crippen molar-refractivity contribution in [2.75, 3.05) is 0 Å². The van der Waals surface area contributed by atoms with E-state index in [-0.39, 0.29) is 0 Å². The highest BCUT2D eigenvalue weighted by atomic mass is 32.1. The van der Waals surface area contributed by atoms with Crippen molar-refractivity contribution in [1.29, 1.82) is 0 Å². The van der Waals surface area contributed by atoms with Gasteiger partial charge in [0.1, 0.15) is 0 Å². The van der Waals surface area contributed by atoms with Crippen molar-refractivity contribution in [3.8, 4) is 32.4 Å². The lowest BCUT2D eigenvalue weighted by Crippen LogP contribution is -1.84.